The van der Waals surface area contributed by atoms with Crippen molar-refractivity contribution in [2.75, 3.05) is 11.5 Å². The van der Waals surface area contributed by atoms with Crippen LogP contribution in [-0.2, 0) is 18.5 Å². The molecule has 238 valence electrons. The first-order valence-electron chi connectivity index (χ1n) is 14.6. The van der Waals surface area contributed by atoms with Gasteiger partial charge in [-0.05, 0) is 73.1 Å². The molecule has 4 aromatic rings. The molecule has 0 bridgehead atoms. The normalized spacial score (nSPS) is 13.6. The third-order valence-corrected chi connectivity index (χ3v) is 12.8. The van der Waals surface area contributed by atoms with E-state index >= 15 is 0 Å². The third-order valence-electron chi connectivity index (χ3n) is 8.08. The van der Waals surface area contributed by atoms with Gasteiger partial charge in [0.25, 0.3) is 0 Å². The monoisotopic (exact) mass is 661 g/mol. The van der Waals surface area contributed by atoms with Gasteiger partial charge in [-0.1, -0.05) is 86.5 Å². The molecule has 0 aliphatic heterocycles. The van der Waals surface area contributed by atoms with E-state index in [0.717, 1.165) is 18.1 Å². The molecule has 2 atom stereocenters. The first-order chi connectivity index (χ1) is 21.2. The van der Waals surface area contributed by atoms with Gasteiger partial charge >= 0.3 is 12.4 Å². The van der Waals surface area contributed by atoms with E-state index in [1.54, 1.807) is 0 Å². The van der Waals surface area contributed by atoms with Crippen molar-refractivity contribution in [3.8, 4) is 0 Å². The Morgan fingerprint density at radius 1 is 0.756 bits per heavy atom. The van der Waals surface area contributed by atoms with Crippen molar-refractivity contribution in [2.45, 2.75) is 51.7 Å². The smallest absolute Gasteiger partial charge is 0.356 e. The number of thiocarbonyl (C=S) groups is 1. The summed E-state index contributed by atoms with van der Waals surface area (Å²) in [5, 5.41) is 8.28. The maximum atomic E-state index is 13.5. The van der Waals surface area contributed by atoms with Gasteiger partial charge in [-0.15, -0.1) is 0 Å². The molecule has 2 N–H and O–H groups in total. The second-order valence-electron chi connectivity index (χ2n) is 11.4. The first-order valence-corrected chi connectivity index (χ1v) is 17.2. The molecule has 10 heteroatoms. The average Bonchev–Trinajstić information content (AvgIpc) is 3.00. The quantitative estimate of drug-likeness (QED) is 0.101. The zero-order valence-corrected chi connectivity index (χ0v) is 26.9. The Hall–Kier alpha value is -3.42. The summed E-state index contributed by atoms with van der Waals surface area (Å²) in [6.45, 7) is 6.16. The highest BCUT2D eigenvalue weighted by molar-refractivity contribution is 7.88. The predicted octanol–water partition coefficient (Wildman–Crippen LogP) is 9.60. The SMILES string of the molecule is CC[C@H](C)[C@@H](C[P+](Cc1ccc(C)cc1)(c1ccccc1)c1ccccc1)NC(=S)Nc1cc(C(F)(F)F)cc(C(F)(F)F)c1. The molecule has 0 spiro atoms. The van der Waals surface area contributed by atoms with Gasteiger partial charge in [-0.3, -0.25) is 0 Å². The fourth-order valence-electron chi connectivity index (χ4n) is 5.39. The van der Waals surface area contributed by atoms with Gasteiger partial charge in [-0.25, -0.2) is 0 Å². The molecule has 0 fully saturated rings. The lowest BCUT2D eigenvalue weighted by molar-refractivity contribution is -0.143. The summed E-state index contributed by atoms with van der Waals surface area (Å²) >= 11 is 5.55. The van der Waals surface area contributed by atoms with Crippen molar-refractivity contribution >= 4 is 40.9 Å². The molecule has 0 heterocycles. The van der Waals surface area contributed by atoms with Crippen LogP contribution in [0.15, 0.2) is 103 Å². The van der Waals surface area contributed by atoms with Crippen LogP contribution in [0.1, 0.15) is 42.5 Å². The molecule has 0 amide bonds. The Bertz CT molecular complexity index is 1490. The Kier molecular flexibility index (Phi) is 11.0. The van der Waals surface area contributed by atoms with Crippen LogP contribution in [0.4, 0.5) is 32.0 Å². The summed E-state index contributed by atoms with van der Waals surface area (Å²) in [6.07, 6.45) is -7.73. The van der Waals surface area contributed by atoms with Crippen molar-refractivity contribution in [1.82, 2.24) is 5.32 Å². The molecular weight excluding hydrogens is 625 g/mol. The Balaban J connectivity index is 1.75. The Labute approximate surface area is 266 Å². The minimum atomic E-state index is -4.96. The zero-order valence-electron chi connectivity index (χ0n) is 25.2. The predicted molar refractivity (Wildman–Crippen MR) is 178 cm³/mol. The minimum absolute atomic E-state index is 0.0395. The summed E-state index contributed by atoms with van der Waals surface area (Å²) in [4.78, 5) is 0. The van der Waals surface area contributed by atoms with E-state index < -0.39 is 30.7 Å². The number of hydrogen-bond donors (Lipinski definition) is 2. The molecule has 45 heavy (non-hydrogen) atoms. The first kappa shape index (κ1) is 34.5. The van der Waals surface area contributed by atoms with Crippen LogP contribution in [0.2, 0.25) is 0 Å². The van der Waals surface area contributed by atoms with Crippen LogP contribution in [-0.4, -0.2) is 17.3 Å². The lowest BCUT2D eigenvalue weighted by Gasteiger charge is -2.34. The number of hydrogen-bond acceptors (Lipinski definition) is 1. The second kappa shape index (κ2) is 14.3. The van der Waals surface area contributed by atoms with E-state index in [-0.39, 0.29) is 28.8 Å². The lowest BCUT2D eigenvalue weighted by atomic mass is 10.0. The average molecular weight is 662 g/mol. The molecule has 4 rings (SSSR count). The summed E-state index contributed by atoms with van der Waals surface area (Å²) < 4.78 is 81.0. The fraction of sp³-hybridized carbons (Fsp3) is 0.286. The van der Waals surface area contributed by atoms with Crippen molar-refractivity contribution in [2.24, 2.45) is 5.92 Å². The number of alkyl halides is 6. The molecule has 0 unspecified atom stereocenters. The van der Waals surface area contributed by atoms with Crippen molar-refractivity contribution < 1.29 is 26.3 Å². The number of rotatable bonds is 10. The molecule has 0 radical (unpaired) electrons. The highest BCUT2D eigenvalue weighted by atomic mass is 32.1. The number of anilines is 1. The van der Waals surface area contributed by atoms with Crippen LogP contribution in [0.3, 0.4) is 0 Å². The van der Waals surface area contributed by atoms with Crippen LogP contribution in [0.25, 0.3) is 0 Å². The number of nitrogens with one attached hydrogen (secondary N) is 2. The summed E-state index contributed by atoms with van der Waals surface area (Å²) in [5.74, 6) is 0.0711. The van der Waals surface area contributed by atoms with Crippen molar-refractivity contribution in [1.29, 1.82) is 0 Å². The molecule has 0 aromatic heterocycles. The van der Waals surface area contributed by atoms with Crippen LogP contribution >= 0.6 is 19.5 Å². The van der Waals surface area contributed by atoms with Gasteiger partial charge < -0.3 is 10.6 Å². The van der Waals surface area contributed by atoms with E-state index in [4.69, 9.17) is 12.2 Å². The minimum Gasteiger partial charge on any atom is -0.356 e. The lowest BCUT2D eigenvalue weighted by Crippen LogP contribution is -2.46. The van der Waals surface area contributed by atoms with Crippen LogP contribution in [0.5, 0.6) is 0 Å². The van der Waals surface area contributed by atoms with E-state index in [1.807, 2.05) is 50.2 Å². The van der Waals surface area contributed by atoms with Gasteiger partial charge in [0.15, 0.2) is 5.11 Å². The molecule has 4 aromatic carbocycles. The summed E-state index contributed by atoms with van der Waals surface area (Å²) in [6, 6.07) is 30.2. The fourth-order valence-corrected chi connectivity index (χ4v) is 10.3. The van der Waals surface area contributed by atoms with Crippen LogP contribution < -0.4 is 21.2 Å². The molecule has 0 saturated heterocycles. The molecular formula is C35H36F6N2PS+. The van der Waals surface area contributed by atoms with Gasteiger partial charge in [0.1, 0.15) is 0 Å². The standard InChI is InChI=1S/C35H35F6N2PS/c1-4-25(3)32(43-33(45)42-29-20-27(34(36,37)38)19-28(21-29)35(39,40)41)23-44(30-11-7-5-8-12-30,31-13-9-6-10-14-31)22-26-17-15-24(2)16-18-26/h5-21,25,32H,4,22-23H2,1-3H3,(H-,42,43,45)/p+1/t25-,32+/m0/s1. The van der Waals surface area contributed by atoms with E-state index in [2.05, 4.69) is 66.1 Å². The van der Waals surface area contributed by atoms with E-state index in [0.29, 0.717) is 18.3 Å². The number of aryl methyl sites for hydroxylation is 1. The van der Waals surface area contributed by atoms with E-state index in [1.165, 1.54) is 16.2 Å². The highest BCUT2D eigenvalue weighted by Crippen LogP contribution is 2.60. The zero-order chi connectivity index (χ0) is 32.8. The molecule has 0 aliphatic rings. The van der Waals surface area contributed by atoms with Gasteiger partial charge in [0.2, 0.25) is 0 Å². The third kappa shape index (κ3) is 8.86. The molecule has 0 aliphatic carbocycles. The summed E-state index contributed by atoms with van der Waals surface area (Å²) in [5.41, 5.74) is -0.867. The number of halogens is 6. The van der Waals surface area contributed by atoms with Crippen molar-refractivity contribution in [3.05, 3.63) is 125 Å². The Morgan fingerprint density at radius 2 is 1.24 bits per heavy atom. The maximum Gasteiger partial charge on any atom is 0.416 e. The van der Waals surface area contributed by atoms with Crippen molar-refractivity contribution in [3.63, 3.8) is 0 Å². The largest absolute Gasteiger partial charge is 0.416 e. The molecule has 0 saturated carbocycles. The van der Waals surface area contributed by atoms with Gasteiger partial charge in [-0.2, -0.15) is 26.3 Å². The molecule has 2 nitrogen and oxygen atoms in total. The number of benzene rings is 4. The van der Waals surface area contributed by atoms with Gasteiger partial charge in [0.05, 0.1) is 47.4 Å². The van der Waals surface area contributed by atoms with Crippen LogP contribution in [0, 0.1) is 12.8 Å². The topological polar surface area (TPSA) is 24.1 Å². The maximum absolute atomic E-state index is 13.5. The Morgan fingerprint density at radius 3 is 1.69 bits per heavy atom. The van der Waals surface area contributed by atoms with Gasteiger partial charge in [0, 0.05) is 5.69 Å². The highest BCUT2D eigenvalue weighted by Gasteiger charge is 2.46. The summed E-state index contributed by atoms with van der Waals surface area (Å²) in [7, 11) is -2.21. The van der Waals surface area contributed by atoms with E-state index in [9.17, 15) is 26.3 Å². The second-order valence-corrected chi connectivity index (χ2v) is 15.4.